The molecule has 0 aliphatic heterocycles. The molecule has 0 amide bonds. The van der Waals surface area contributed by atoms with Gasteiger partial charge in [0.05, 0.1) is 0 Å². The van der Waals surface area contributed by atoms with Crippen molar-refractivity contribution in [1.82, 2.24) is 0 Å². The van der Waals surface area contributed by atoms with Crippen LogP contribution in [0.25, 0.3) is 0 Å². The predicted octanol–water partition coefficient (Wildman–Crippen LogP) is 9.05. The molecule has 1 rings (SSSR count). The molecule has 0 spiro atoms. The Morgan fingerprint density at radius 1 is 0.364 bits per heavy atom. The van der Waals surface area contributed by atoms with Gasteiger partial charge in [-0.05, 0) is 74.9 Å². The molecule has 0 aliphatic carbocycles. The fourth-order valence-corrected chi connectivity index (χ4v) is 1.69. The first-order valence-corrected chi connectivity index (χ1v) is 31.3. The van der Waals surface area contributed by atoms with Gasteiger partial charge in [0.25, 0.3) is 0 Å². The van der Waals surface area contributed by atoms with E-state index in [9.17, 15) is 0 Å². The van der Waals surface area contributed by atoms with Gasteiger partial charge in [-0.25, -0.2) is 0 Å². The molecule has 0 nitrogen and oxygen atoms in total. The molecule has 0 fully saturated rings. The number of halogens is 8. The number of hydrogen-bond acceptors (Lipinski definition) is 0. The number of rotatable bonds is 0. The molecule has 22 heavy (non-hydrogen) atoms. The first-order valence-electron chi connectivity index (χ1n) is 6.01. The van der Waals surface area contributed by atoms with Crippen molar-refractivity contribution in [3.63, 3.8) is 0 Å². The van der Waals surface area contributed by atoms with Crippen molar-refractivity contribution in [1.29, 1.82) is 0 Å². The van der Waals surface area contributed by atoms with E-state index < -0.39 is 31.0 Å². The van der Waals surface area contributed by atoms with Gasteiger partial charge in [-0.2, -0.15) is 0 Å². The molecular weight excluding hydrogens is 610 g/mol. The first-order chi connectivity index (χ1) is 9.46. The molecule has 0 aliphatic rings. The molecule has 0 saturated carbocycles. The molecule has 0 radical (unpaired) electrons. The van der Waals surface area contributed by atoms with Crippen molar-refractivity contribution in [2.75, 3.05) is 0 Å². The van der Waals surface area contributed by atoms with Gasteiger partial charge >= 0.3 is 99.1 Å². The average molecular weight is 628 g/mol. The van der Waals surface area contributed by atoms with E-state index in [2.05, 4.69) is 41.5 Å². The Hall–Kier alpha value is 3.31. The zero-order valence-corrected chi connectivity index (χ0v) is 24.0. The Labute approximate surface area is 171 Å². The summed E-state index contributed by atoms with van der Waals surface area (Å²) in [6, 6.07) is 0. The molecule has 1 aromatic rings. The Balaban J connectivity index is 0. The van der Waals surface area contributed by atoms with Crippen LogP contribution in [0, 0.1) is 41.5 Å². The topological polar surface area (TPSA) is 0 Å². The van der Waals surface area contributed by atoms with Crippen LogP contribution >= 0.6 is 68.1 Å². The van der Waals surface area contributed by atoms with Crippen molar-refractivity contribution < 1.29 is 31.0 Å². The molecule has 0 heterocycles. The summed E-state index contributed by atoms with van der Waals surface area (Å²) in [6.07, 6.45) is 0. The van der Waals surface area contributed by atoms with E-state index in [0.29, 0.717) is 0 Å². The fourth-order valence-electron chi connectivity index (χ4n) is 1.69. The Morgan fingerprint density at radius 3 is 0.455 bits per heavy atom. The molecule has 0 unspecified atom stereocenters. The Morgan fingerprint density at radius 2 is 0.409 bits per heavy atom. The van der Waals surface area contributed by atoms with Crippen LogP contribution in [0.2, 0.25) is 0 Å². The minimum atomic E-state index is -3.29. The van der Waals surface area contributed by atoms with Gasteiger partial charge in [-0.1, -0.05) is 0 Å². The molecule has 0 N–H and O–H groups in total. The number of benzene rings is 1. The standard InChI is InChI=1S/C12H18.8ClH.2Zr/c1-7-8(2)10(4)12(6)11(5)9(7)3;;;;;;;;;;/h1-6H3;8*1H;;/q;;;;;;;;;2*+4/p-8. The predicted molar refractivity (Wildman–Crippen MR) is 102 cm³/mol. The monoisotopic (exact) mass is 622 g/mol. The van der Waals surface area contributed by atoms with Gasteiger partial charge < -0.3 is 0 Å². The van der Waals surface area contributed by atoms with E-state index in [4.69, 9.17) is 68.1 Å². The van der Waals surface area contributed by atoms with Crippen molar-refractivity contribution in [3.05, 3.63) is 33.4 Å². The summed E-state index contributed by atoms with van der Waals surface area (Å²) >= 11 is -6.58. The third-order valence-electron chi connectivity index (χ3n) is 3.38. The van der Waals surface area contributed by atoms with Gasteiger partial charge in [0.2, 0.25) is 0 Å². The Bertz CT molecular complexity index is 362. The Kier molecular flexibility index (Phi) is 14.9. The second-order valence-electron chi connectivity index (χ2n) is 4.61. The SMILES string of the molecule is Cc1c(C)c(C)c(C)c(C)c1C.[Cl][Zr]([Cl])([Cl])[Cl].[Cl][Zr]([Cl])([Cl])[Cl]. The molecule has 0 saturated heterocycles. The molecule has 0 bridgehead atoms. The van der Waals surface area contributed by atoms with Crippen LogP contribution in [0.5, 0.6) is 0 Å². The van der Waals surface area contributed by atoms with Gasteiger partial charge in [0, 0.05) is 0 Å². The van der Waals surface area contributed by atoms with Crippen molar-refractivity contribution >= 4 is 68.1 Å². The fraction of sp³-hybridized carbons (Fsp3) is 0.500. The first kappa shape index (κ1) is 27.5. The molecule has 10 heteroatoms. The zero-order chi connectivity index (χ0) is 18.5. The summed E-state index contributed by atoms with van der Waals surface area (Å²) in [5.41, 5.74) is 8.73. The van der Waals surface area contributed by atoms with Gasteiger partial charge in [-0.15, -0.1) is 0 Å². The summed E-state index contributed by atoms with van der Waals surface area (Å²) in [7, 11) is 40.3. The van der Waals surface area contributed by atoms with E-state index in [1.807, 2.05) is 0 Å². The van der Waals surface area contributed by atoms with E-state index in [1.54, 1.807) is 0 Å². The van der Waals surface area contributed by atoms with Crippen LogP contribution in [-0.2, 0) is 31.0 Å². The second kappa shape index (κ2) is 11.9. The maximum absolute atomic E-state index is 5.04. The van der Waals surface area contributed by atoms with E-state index in [0.717, 1.165) is 0 Å². The van der Waals surface area contributed by atoms with Crippen LogP contribution in [-0.4, -0.2) is 0 Å². The molecule has 0 aromatic heterocycles. The average Bonchev–Trinajstić information content (AvgIpc) is 2.27. The summed E-state index contributed by atoms with van der Waals surface area (Å²) in [6.45, 7) is 13.3. The van der Waals surface area contributed by atoms with E-state index >= 15 is 0 Å². The summed E-state index contributed by atoms with van der Waals surface area (Å²) in [5, 5.41) is 0. The normalized spacial score (nSPS) is 11.2. The summed E-state index contributed by atoms with van der Waals surface area (Å²) < 4.78 is 0. The van der Waals surface area contributed by atoms with Gasteiger partial charge in [0.1, 0.15) is 0 Å². The molecule has 0 atom stereocenters. The summed E-state index contributed by atoms with van der Waals surface area (Å²) in [4.78, 5) is 0. The molecule has 1 aromatic carbocycles. The number of hydrogen-bond donors (Lipinski definition) is 0. The van der Waals surface area contributed by atoms with Crippen LogP contribution in [0.1, 0.15) is 33.4 Å². The third-order valence-corrected chi connectivity index (χ3v) is 3.38. The van der Waals surface area contributed by atoms with E-state index in [-0.39, 0.29) is 0 Å². The summed E-state index contributed by atoms with van der Waals surface area (Å²) in [5.74, 6) is 0. The zero-order valence-electron chi connectivity index (χ0n) is 13.0. The molecule has 130 valence electrons. The quantitative estimate of drug-likeness (QED) is 0.269. The van der Waals surface area contributed by atoms with Crippen molar-refractivity contribution in [3.8, 4) is 0 Å². The van der Waals surface area contributed by atoms with Gasteiger partial charge in [0.15, 0.2) is 0 Å². The van der Waals surface area contributed by atoms with Crippen LogP contribution in [0.4, 0.5) is 0 Å². The van der Waals surface area contributed by atoms with Crippen LogP contribution in [0.3, 0.4) is 0 Å². The van der Waals surface area contributed by atoms with Gasteiger partial charge in [-0.3, -0.25) is 0 Å². The van der Waals surface area contributed by atoms with E-state index in [1.165, 1.54) is 33.4 Å². The minimum absolute atomic E-state index is 1.45. The molecular formula is C12H18Cl8Zr2. The van der Waals surface area contributed by atoms with Crippen molar-refractivity contribution in [2.24, 2.45) is 0 Å². The van der Waals surface area contributed by atoms with Crippen LogP contribution in [0.15, 0.2) is 0 Å². The maximum atomic E-state index is 5.04. The third kappa shape index (κ3) is 15.6. The second-order valence-corrected chi connectivity index (χ2v) is 49.4. The van der Waals surface area contributed by atoms with Crippen molar-refractivity contribution in [2.45, 2.75) is 41.5 Å². The van der Waals surface area contributed by atoms with Crippen LogP contribution < -0.4 is 0 Å².